The number of nitrogens with zero attached hydrogens (tertiary/aromatic N) is 2. The van der Waals surface area contributed by atoms with E-state index in [-0.39, 0.29) is 5.69 Å². The molecule has 2 N–H and O–H groups in total. The van der Waals surface area contributed by atoms with Crippen LogP contribution >= 0.6 is 15.9 Å². The molecule has 0 bridgehead atoms. The van der Waals surface area contributed by atoms with E-state index in [0.29, 0.717) is 15.9 Å². The summed E-state index contributed by atoms with van der Waals surface area (Å²) in [6.07, 6.45) is 1.70. The van der Waals surface area contributed by atoms with Gasteiger partial charge in [0, 0.05) is 12.3 Å². The third-order valence-electron chi connectivity index (χ3n) is 2.19. The van der Waals surface area contributed by atoms with Crippen LogP contribution in [0.3, 0.4) is 0 Å². The number of benzene rings is 1. The summed E-state index contributed by atoms with van der Waals surface area (Å²) < 4.78 is 15.1. The Bertz CT molecular complexity index is 583. The first kappa shape index (κ1) is 10.7. The highest BCUT2D eigenvalue weighted by Gasteiger charge is 2.09. The predicted octanol–water partition coefficient (Wildman–Crippen LogP) is 2.83. The van der Waals surface area contributed by atoms with Crippen LogP contribution < -0.4 is 5.73 Å². The van der Waals surface area contributed by atoms with Crippen molar-refractivity contribution in [1.82, 2.24) is 4.57 Å². The molecule has 0 saturated carbocycles. The molecule has 0 aliphatic carbocycles. The van der Waals surface area contributed by atoms with Gasteiger partial charge in [-0.3, -0.25) is 0 Å². The fraction of sp³-hybridized carbons (Fsp3) is 0. The van der Waals surface area contributed by atoms with Gasteiger partial charge in [0.05, 0.1) is 15.8 Å². The Hall–Kier alpha value is -1.80. The van der Waals surface area contributed by atoms with E-state index in [1.807, 2.05) is 6.07 Å². The molecule has 0 aliphatic rings. The molecule has 3 nitrogen and oxygen atoms in total. The quantitative estimate of drug-likeness (QED) is 0.816. The fourth-order valence-corrected chi connectivity index (χ4v) is 1.77. The van der Waals surface area contributed by atoms with Crippen molar-refractivity contribution in [2.24, 2.45) is 0 Å². The van der Waals surface area contributed by atoms with Crippen molar-refractivity contribution in [3.05, 3.63) is 46.4 Å². The van der Waals surface area contributed by atoms with E-state index in [4.69, 9.17) is 11.0 Å². The Morgan fingerprint density at radius 3 is 2.88 bits per heavy atom. The van der Waals surface area contributed by atoms with E-state index in [1.54, 1.807) is 29.0 Å². The van der Waals surface area contributed by atoms with Gasteiger partial charge in [0.25, 0.3) is 0 Å². The highest BCUT2D eigenvalue weighted by atomic mass is 79.9. The molecule has 0 atom stereocenters. The average Bonchev–Trinajstić information content (AvgIpc) is 2.71. The lowest BCUT2D eigenvalue weighted by Gasteiger charge is -2.09. The SMILES string of the molecule is N#Cc1cccn1-c1cc(Br)c(F)cc1N. The standard InChI is InChI=1S/C11H7BrFN3/c12-8-4-11(10(15)5-9(8)13)16-3-1-2-7(16)6-14/h1-5H,15H2. The summed E-state index contributed by atoms with van der Waals surface area (Å²) in [5, 5.41) is 8.89. The summed E-state index contributed by atoms with van der Waals surface area (Å²) in [7, 11) is 0. The number of hydrogen-bond acceptors (Lipinski definition) is 2. The Balaban J connectivity index is 2.66. The van der Waals surface area contributed by atoms with Crippen LogP contribution in [0.1, 0.15) is 5.69 Å². The van der Waals surface area contributed by atoms with Gasteiger partial charge in [-0.2, -0.15) is 5.26 Å². The zero-order valence-corrected chi connectivity index (χ0v) is 9.70. The van der Waals surface area contributed by atoms with Crippen LogP contribution in [0.25, 0.3) is 5.69 Å². The van der Waals surface area contributed by atoms with E-state index in [9.17, 15) is 4.39 Å². The lowest BCUT2D eigenvalue weighted by molar-refractivity contribution is 0.621. The first-order valence-corrected chi connectivity index (χ1v) is 5.25. The van der Waals surface area contributed by atoms with Crippen molar-refractivity contribution in [3.8, 4) is 11.8 Å². The minimum absolute atomic E-state index is 0.286. The van der Waals surface area contributed by atoms with Crippen LogP contribution in [0.5, 0.6) is 0 Å². The van der Waals surface area contributed by atoms with Crippen LogP contribution in [0.2, 0.25) is 0 Å². The predicted molar refractivity (Wildman–Crippen MR) is 62.6 cm³/mol. The second-order valence-corrected chi connectivity index (χ2v) is 4.05. The van der Waals surface area contributed by atoms with Crippen LogP contribution in [-0.2, 0) is 0 Å². The maximum absolute atomic E-state index is 13.2. The molecule has 16 heavy (non-hydrogen) atoms. The largest absolute Gasteiger partial charge is 0.397 e. The van der Waals surface area contributed by atoms with Crippen molar-refractivity contribution in [1.29, 1.82) is 5.26 Å². The summed E-state index contributed by atoms with van der Waals surface area (Å²) in [4.78, 5) is 0. The number of anilines is 1. The van der Waals surface area contributed by atoms with Gasteiger partial charge >= 0.3 is 0 Å². The summed E-state index contributed by atoms with van der Waals surface area (Å²) in [6, 6.07) is 8.20. The molecular weight excluding hydrogens is 273 g/mol. The topological polar surface area (TPSA) is 54.7 Å². The highest BCUT2D eigenvalue weighted by molar-refractivity contribution is 9.10. The van der Waals surface area contributed by atoms with Crippen LogP contribution in [0, 0.1) is 17.1 Å². The van der Waals surface area contributed by atoms with Gasteiger partial charge < -0.3 is 10.3 Å². The number of rotatable bonds is 1. The Morgan fingerprint density at radius 1 is 1.44 bits per heavy atom. The minimum Gasteiger partial charge on any atom is -0.397 e. The van der Waals surface area contributed by atoms with E-state index in [2.05, 4.69) is 15.9 Å². The molecule has 1 heterocycles. The third kappa shape index (κ3) is 1.68. The molecule has 2 rings (SSSR count). The number of hydrogen-bond donors (Lipinski definition) is 1. The molecule has 0 amide bonds. The first-order valence-electron chi connectivity index (χ1n) is 4.46. The second kappa shape index (κ2) is 3.99. The number of nitrogen functional groups attached to an aromatic ring is 1. The van der Waals surface area contributed by atoms with Gasteiger partial charge in [0.2, 0.25) is 0 Å². The molecule has 2 aromatic rings. The van der Waals surface area contributed by atoms with Gasteiger partial charge in [-0.05, 0) is 34.1 Å². The average molecular weight is 280 g/mol. The zero-order chi connectivity index (χ0) is 11.7. The van der Waals surface area contributed by atoms with E-state index < -0.39 is 5.82 Å². The van der Waals surface area contributed by atoms with Gasteiger partial charge in [0.15, 0.2) is 0 Å². The lowest BCUT2D eigenvalue weighted by atomic mass is 10.2. The van der Waals surface area contributed by atoms with Crippen molar-refractivity contribution in [3.63, 3.8) is 0 Å². The summed E-state index contributed by atoms with van der Waals surface area (Å²) >= 11 is 3.09. The molecule has 5 heteroatoms. The van der Waals surface area contributed by atoms with Gasteiger partial charge in [0.1, 0.15) is 17.6 Å². The fourth-order valence-electron chi connectivity index (χ4n) is 1.44. The van der Waals surface area contributed by atoms with E-state index in [1.165, 1.54) is 6.07 Å². The molecule has 80 valence electrons. The Morgan fingerprint density at radius 2 is 2.19 bits per heavy atom. The van der Waals surface area contributed by atoms with Gasteiger partial charge in [-0.25, -0.2) is 4.39 Å². The Labute approximate surface area is 100 Å². The molecule has 1 aromatic carbocycles. The number of nitrogens with two attached hydrogens (primary N) is 1. The van der Waals surface area contributed by atoms with Gasteiger partial charge in [-0.1, -0.05) is 0 Å². The second-order valence-electron chi connectivity index (χ2n) is 3.20. The minimum atomic E-state index is -0.424. The molecule has 0 spiro atoms. The smallest absolute Gasteiger partial charge is 0.139 e. The summed E-state index contributed by atoms with van der Waals surface area (Å²) in [6.45, 7) is 0. The van der Waals surface area contributed by atoms with Crippen LogP contribution in [0.15, 0.2) is 34.9 Å². The first-order chi connectivity index (χ1) is 7.63. The van der Waals surface area contributed by atoms with Gasteiger partial charge in [-0.15, -0.1) is 0 Å². The maximum Gasteiger partial charge on any atom is 0.139 e. The highest BCUT2D eigenvalue weighted by Crippen LogP contribution is 2.26. The maximum atomic E-state index is 13.2. The number of halogens is 2. The van der Waals surface area contributed by atoms with Crippen LogP contribution in [0.4, 0.5) is 10.1 Å². The number of aromatic nitrogens is 1. The van der Waals surface area contributed by atoms with E-state index >= 15 is 0 Å². The normalized spacial score (nSPS) is 10.1. The molecule has 0 saturated heterocycles. The van der Waals surface area contributed by atoms with Crippen molar-refractivity contribution in [2.75, 3.05) is 5.73 Å². The monoisotopic (exact) mass is 279 g/mol. The molecule has 1 aromatic heterocycles. The zero-order valence-electron chi connectivity index (χ0n) is 8.11. The molecule has 0 aliphatic heterocycles. The molecule has 0 radical (unpaired) electrons. The van der Waals surface area contributed by atoms with Crippen molar-refractivity contribution >= 4 is 21.6 Å². The summed E-state index contributed by atoms with van der Waals surface area (Å²) in [5.41, 5.74) is 7.03. The number of nitriles is 1. The summed E-state index contributed by atoms with van der Waals surface area (Å²) in [5.74, 6) is -0.424. The molecule has 0 fully saturated rings. The Kier molecular flexibility index (Phi) is 2.67. The lowest BCUT2D eigenvalue weighted by Crippen LogP contribution is -2.01. The molecule has 0 unspecified atom stereocenters. The van der Waals surface area contributed by atoms with Crippen LogP contribution in [-0.4, -0.2) is 4.57 Å². The van der Waals surface area contributed by atoms with Crippen molar-refractivity contribution < 1.29 is 4.39 Å². The van der Waals surface area contributed by atoms with E-state index in [0.717, 1.165) is 0 Å². The third-order valence-corrected chi connectivity index (χ3v) is 2.80. The molecular formula is C11H7BrFN3. The van der Waals surface area contributed by atoms with Crippen molar-refractivity contribution in [2.45, 2.75) is 0 Å².